The third-order valence-corrected chi connectivity index (χ3v) is 3.74. The van der Waals surface area contributed by atoms with Gasteiger partial charge >= 0.3 is 5.97 Å². The van der Waals surface area contributed by atoms with Crippen LogP contribution in [0.15, 0.2) is 0 Å². The number of amides is 1. The topological polar surface area (TPSA) is 57.6 Å². The van der Waals surface area contributed by atoms with Crippen LogP contribution < -0.4 is 0 Å². The van der Waals surface area contributed by atoms with E-state index in [0.717, 1.165) is 0 Å². The summed E-state index contributed by atoms with van der Waals surface area (Å²) in [7, 11) is 0. The molecule has 6 heteroatoms. The standard InChI is InChI=1S/C11H15F2NO3/c12-11(13)4-3-7-5-14(6-8(7)11)9(15)1-2-10(16)17/h7-8H,1-6H2,(H,16,17). The maximum Gasteiger partial charge on any atom is 0.303 e. The zero-order valence-electron chi connectivity index (χ0n) is 9.36. The van der Waals surface area contributed by atoms with E-state index in [1.807, 2.05) is 0 Å². The molecule has 1 heterocycles. The predicted molar refractivity (Wildman–Crippen MR) is 54.6 cm³/mol. The van der Waals surface area contributed by atoms with Crippen molar-refractivity contribution in [1.29, 1.82) is 0 Å². The third-order valence-electron chi connectivity index (χ3n) is 3.74. The second-order valence-electron chi connectivity index (χ2n) is 4.86. The van der Waals surface area contributed by atoms with Gasteiger partial charge in [-0.25, -0.2) is 8.78 Å². The molecule has 0 spiro atoms. The Balaban J connectivity index is 1.90. The van der Waals surface area contributed by atoms with Crippen molar-refractivity contribution >= 4 is 11.9 Å². The van der Waals surface area contributed by atoms with Crippen LogP contribution in [0.25, 0.3) is 0 Å². The molecule has 0 aromatic heterocycles. The van der Waals surface area contributed by atoms with Crippen LogP contribution in [0.2, 0.25) is 0 Å². The first-order chi connectivity index (χ1) is 7.90. The minimum atomic E-state index is -2.66. The van der Waals surface area contributed by atoms with Crippen LogP contribution in [0.4, 0.5) is 8.78 Å². The van der Waals surface area contributed by atoms with Gasteiger partial charge in [0.1, 0.15) is 0 Å². The molecule has 1 amide bonds. The number of hydrogen-bond donors (Lipinski definition) is 1. The van der Waals surface area contributed by atoms with E-state index in [2.05, 4.69) is 0 Å². The van der Waals surface area contributed by atoms with E-state index in [9.17, 15) is 18.4 Å². The molecule has 0 aromatic rings. The molecule has 2 fully saturated rings. The summed E-state index contributed by atoms with van der Waals surface area (Å²) in [6.07, 6.45) is 0.0429. The molecular weight excluding hydrogens is 232 g/mol. The Labute approximate surface area is 97.6 Å². The van der Waals surface area contributed by atoms with Gasteiger partial charge in [-0.1, -0.05) is 0 Å². The quantitative estimate of drug-likeness (QED) is 0.819. The van der Waals surface area contributed by atoms with Gasteiger partial charge in [-0.3, -0.25) is 9.59 Å². The number of hydrogen-bond acceptors (Lipinski definition) is 2. The maximum atomic E-state index is 13.4. The fraction of sp³-hybridized carbons (Fsp3) is 0.818. The maximum absolute atomic E-state index is 13.4. The number of alkyl halides is 2. The summed E-state index contributed by atoms with van der Waals surface area (Å²) in [6, 6.07) is 0. The summed E-state index contributed by atoms with van der Waals surface area (Å²) >= 11 is 0. The lowest BCUT2D eigenvalue weighted by Gasteiger charge is -2.20. The number of carbonyl (C=O) groups is 2. The van der Waals surface area contributed by atoms with Gasteiger partial charge < -0.3 is 10.0 Å². The highest BCUT2D eigenvalue weighted by Gasteiger charge is 2.54. The average Bonchev–Trinajstić information content (AvgIpc) is 2.77. The lowest BCUT2D eigenvalue weighted by Crippen LogP contribution is -2.33. The smallest absolute Gasteiger partial charge is 0.303 e. The largest absolute Gasteiger partial charge is 0.481 e. The highest BCUT2D eigenvalue weighted by atomic mass is 19.3. The normalized spacial score (nSPS) is 30.4. The first-order valence-electron chi connectivity index (χ1n) is 5.77. The van der Waals surface area contributed by atoms with E-state index < -0.39 is 17.8 Å². The lowest BCUT2D eigenvalue weighted by atomic mass is 9.99. The van der Waals surface area contributed by atoms with Crippen LogP contribution >= 0.6 is 0 Å². The van der Waals surface area contributed by atoms with Crippen LogP contribution in [0.5, 0.6) is 0 Å². The highest BCUT2D eigenvalue weighted by molar-refractivity contribution is 5.81. The molecule has 1 N–H and O–H groups in total. The summed E-state index contributed by atoms with van der Waals surface area (Å²) < 4.78 is 26.8. The van der Waals surface area contributed by atoms with Crippen LogP contribution in [0, 0.1) is 11.8 Å². The molecule has 0 aromatic carbocycles. The summed E-state index contributed by atoms with van der Waals surface area (Å²) in [6.45, 7) is 0.439. The molecule has 1 saturated carbocycles. The number of rotatable bonds is 3. The molecule has 1 aliphatic heterocycles. The minimum absolute atomic E-state index is 0.0795. The van der Waals surface area contributed by atoms with Gasteiger partial charge in [0, 0.05) is 31.8 Å². The summed E-state index contributed by atoms with van der Waals surface area (Å²) in [5.41, 5.74) is 0. The van der Waals surface area contributed by atoms with Crippen LogP contribution in [-0.4, -0.2) is 40.9 Å². The molecule has 96 valence electrons. The van der Waals surface area contributed by atoms with Gasteiger partial charge in [-0.05, 0) is 12.3 Å². The molecule has 2 unspecified atom stereocenters. The number of fused-ring (bicyclic) bond motifs is 1. The van der Waals surface area contributed by atoms with Crippen LogP contribution in [-0.2, 0) is 9.59 Å². The van der Waals surface area contributed by atoms with E-state index in [1.165, 1.54) is 4.90 Å². The first-order valence-corrected chi connectivity index (χ1v) is 5.77. The van der Waals surface area contributed by atoms with Crippen molar-refractivity contribution in [2.24, 2.45) is 11.8 Å². The molecule has 1 aliphatic carbocycles. The van der Waals surface area contributed by atoms with Crippen molar-refractivity contribution < 1.29 is 23.5 Å². The van der Waals surface area contributed by atoms with Gasteiger partial charge in [0.15, 0.2) is 0 Å². The number of carboxylic acids is 1. The molecule has 2 aliphatic rings. The molecule has 2 rings (SSSR count). The second-order valence-corrected chi connectivity index (χ2v) is 4.86. The zero-order chi connectivity index (χ0) is 12.6. The van der Waals surface area contributed by atoms with Crippen LogP contribution in [0.1, 0.15) is 25.7 Å². The monoisotopic (exact) mass is 247 g/mol. The molecule has 0 bridgehead atoms. The van der Waals surface area contributed by atoms with Gasteiger partial charge in [-0.2, -0.15) is 0 Å². The van der Waals surface area contributed by atoms with E-state index in [4.69, 9.17) is 5.11 Å². The Kier molecular flexibility index (Phi) is 3.05. The fourth-order valence-electron chi connectivity index (χ4n) is 2.78. The fourth-order valence-corrected chi connectivity index (χ4v) is 2.78. The molecule has 17 heavy (non-hydrogen) atoms. The molecular formula is C11H15F2NO3. The summed E-state index contributed by atoms with van der Waals surface area (Å²) in [4.78, 5) is 23.3. The number of halogens is 2. The van der Waals surface area contributed by atoms with E-state index >= 15 is 0 Å². The van der Waals surface area contributed by atoms with Crippen molar-refractivity contribution in [3.05, 3.63) is 0 Å². The SMILES string of the molecule is O=C(O)CCC(=O)N1CC2CCC(F)(F)C2C1. The number of carbonyl (C=O) groups excluding carboxylic acids is 1. The molecule has 2 atom stereocenters. The van der Waals surface area contributed by atoms with Crippen molar-refractivity contribution in [1.82, 2.24) is 4.90 Å². The van der Waals surface area contributed by atoms with Crippen molar-refractivity contribution in [2.45, 2.75) is 31.6 Å². The lowest BCUT2D eigenvalue weighted by molar-refractivity contribution is -0.140. The van der Waals surface area contributed by atoms with Crippen LogP contribution in [0.3, 0.4) is 0 Å². The predicted octanol–water partition coefficient (Wildman–Crippen LogP) is 1.35. The molecule has 1 saturated heterocycles. The number of carboxylic acid groups (broad SMARTS) is 1. The second kappa shape index (κ2) is 4.23. The van der Waals surface area contributed by atoms with E-state index in [1.54, 1.807) is 0 Å². The Morgan fingerprint density at radius 3 is 2.59 bits per heavy atom. The summed E-state index contributed by atoms with van der Waals surface area (Å²) in [5, 5.41) is 8.46. The Morgan fingerprint density at radius 1 is 1.29 bits per heavy atom. The third kappa shape index (κ3) is 2.40. The number of aliphatic carboxylic acids is 1. The van der Waals surface area contributed by atoms with Crippen molar-refractivity contribution in [3.63, 3.8) is 0 Å². The van der Waals surface area contributed by atoms with E-state index in [0.29, 0.717) is 13.0 Å². The van der Waals surface area contributed by atoms with Gasteiger partial charge in [0.25, 0.3) is 5.92 Å². The first kappa shape index (κ1) is 12.3. The van der Waals surface area contributed by atoms with Crippen molar-refractivity contribution in [3.8, 4) is 0 Å². The van der Waals surface area contributed by atoms with Gasteiger partial charge in [-0.15, -0.1) is 0 Å². The van der Waals surface area contributed by atoms with Gasteiger partial charge in [0.2, 0.25) is 5.91 Å². The average molecular weight is 247 g/mol. The highest BCUT2D eigenvalue weighted by Crippen LogP contribution is 2.48. The Morgan fingerprint density at radius 2 is 2.00 bits per heavy atom. The summed E-state index contributed by atoms with van der Waals surface area (Å²) in [5.74, 6) is -4.86. The van der Waals surface area contributed by atoms with Gasteiger partial charge in [0.05, 0.1) is 6.42 Å². The molecule has 0 radical (unpaired) electrons. The van der Waals surface area contributed by atoms with E-state index in [-0.39, 0.29) is 37.6 Å². The van der Waals surface area contributed by atoms with Crippen molar-refractivity contribution in [2.75, 3.05) is 13.1 Å². The Bertz CT molecular complexity index is 346. The number of nitrogens with zero attached hydrogens (tertiary/aromatic N) is 1. The Hall–Kier alpha value is -1.20. The number of likely N-dealkylation sites (tertiary alicyclic amines) is 1. The molecule has 4 nitrogen and oxygen atoms in total. The zero-order valence-corrected chi connectivity index (χ0v) is 9.36. The minimum Gasteiger partial charge on any atom is -0.481 e.